The zero-order valence-corrected chi connectivity index (χ0v) is 18.5. The van der Waals surface area contributed by atoms with Gasteiger partial charge >= 0.3 is 0 Å². The van der Waals surface area contributed by atoms with Crippen LogP contribution in [0.5, 0.6) is 5.75 Å². The number of anilines is 1. The van der Waals surface area contributed by atoms with Crippen LogP contribution >= 0.6 is 23.2 Å². The molecule has 0 unspecified atom stereocenters. The minimum atomic E-state index is -0.363. The summed E-state index contributed by atoms with van der Waals surface area (Å²) < 4.78 is 11.4. The molecule has 1 N–H and O–H groups in total. The van der Waals surface area contributed by atoms with Gasteiger partial charge in [-0.2, -0.15) is 0 Å². The maximum absolute atomic E-state index is 12.4. The van der Waals surface area contributed by atoms with Gasteiger partial charge in [-0.25, -0.2) is 4.98 Å². The Hall–Kier alpha value is -3.02. The van der Waals surface area contributed by atoms with Gasteiger partial charge in [-0.3, -0.25) is 4.79 Å². The van der Waals surface area contributed by atoms with E-state index in [2.05, 4.69) is 24.1 Å². The zero-order chi connectivity index (χ0) is 22.0. The van der Waals surface area contributed by atoms with E-state index in [0.717, 1.165) is 5.52 Å². The van der Waals surface area contributed by atoms with E-state index in [0.29, 0.717) is 44.4 Å². The average molecular weight is 455 g/mol. The van der Waals surface area contributed by atoms with Gasteiger partial charge in [-0.15, -0.1) is 0 Å². The maximum atomic E-state index is 12.4. The second-order valence-electron chi connectivity index (χ2n) is 7.36. The van der Waals surface area contributed by atoms with Crippen molar-refractivity contribution in [2.24, 2.45) is 0 Å². The first-order valence-corrected chi connectivity index (χ1v) is 10.5. The molecule has 7 heteroatoms. The fraction of sp³-hybridized carbons (Fsp3) is 0.167. The molecule has 5 nitrogen and oxygen atoms in total. The van der Waals surface area contributed by atoms with Gasteiger partial charge in [0, 0.05) is 5.56 Å². The smallest absolute Gasteiger partial charge is 0.262 e. The summed E-state index contributed by atoms with van der Waals surface area (Å²) in [6.45, 7) is 4.06. The fourth-order valence-electron chi connectivity index (χ4n) is 3.07. The van der Waals surface area contributed by atoms with Crippen LogP contribution in [0, 0.1) is 0 Å². The Morgan fingerprint density at radius 3 is 2.65 bits per heavy atom. The summed E-state index contributed by atoms with van der Waals surface area (Å²) >= 11 is 12.3. The van der Waals surface area contributed by atoms with Gasteiger partial charge in [0.1, 0.15) is 11.3 Å². The number of nitrogens with zero attached hydrogens (tertiary/aromatic N) is 1. The SMILES string of the molecule is CC(C)c1ccc2oc(-c3ccc(Cl)c(NC(=O)COc4ccccc4Cl)c3)nc2c1. The number of fused-ring (bicyclic) bond motifs is 1. The quantitative estimate of drug-likeness (QED) is 0.342. The maximum Gasteiger partial charge on any atom is 0.262 e. The summed E-state index contributed by atoms with van der Waals surface area (Å²) in [5, 5.41) is 3.59. The molecule has 0 bridgehead atoms. The van der Waals surface area contributed by atoms with Crippen molar-refractivity contribution in [2.75, 3.05) is 11.9 Å². The Labute approximate surface area is 189 Å². The van der Waals surface area contributed by atoms with Crippen molar-refractivity contribution in [1.82, 2.24) is 4.98 Å². The summed E-state index contributed by atoms with van der Waals surface area (Å²) in [4.78, 5) is 17.0. The molecule has 158 valence electrons. The van der Waals surface area contributed by atoms with Gasteiger partial charge in [-0.05, 0) is 53.9 Å². The highest BCUT2D eigenvalue weighted by atomic mass is 35.5. The Morgan fingerprint density at radius 2 is 1.87 bits per heavy atom. The molecule has 0 atom stereocenters. The number of hydrogen-bond acceptors (Lipinski definition) is 4. The van der Waals surface area contributed by atoms with Crippen molar-refractivity contribution in [3.63, 3.8) is 0 Å². The number of hydrogen-bond donors (Lipinski definition) is 1. The first-order chi connectivity index (χ1) is 14.9. The van der Waals surface area contributed by atoms with Crippen LogP contribution in [-0.4, -0.2) is 17.5 Å². The Bertz CT molecular complexity index is 1250. The standard InChI is InChI=1S/C24H20Cl2N2O3/c1-14(2)15-8-10-22-20(11-15)28-24(31-22)16-7-9-17(25)19(12-16)27-23(29)13-30-21-6-4-3-5-18(21)26/h3-12,14H,13H2,1-2H3,(H,27,29). The molecule has 0 fully saturated rings. The van der Waals surface area contributed by atoms with Crippen LogP contribution < -0.4 is 10.1 Å². The van der Waals surface area contributed by atoms with Crippen LogP contribution in [0.25, 0.3) is 22.6 Å². The van der Waals surface area contributed by atoms with Crippen molar-refractivity contribution < 1.29 is 13.9 Å². The van der Waals surface area contributed by atoms with E-state index in [1.807, 2.05) is 18.2 Å². The van der Waals surface area contributed by atoms with E-state index >= 15 is 0 Å². The third-order valence-corrected chi connectivity index (χ3v) is 5.40. The summed E-state index contributed by atoms with van der Waals surface area (Å²) in [7, 11) is 0. The van der Waals surface area contributed by atoms with E-state index in [4.69, 9.17) is 32.4 Å². The number of oxazole rings is 1. The summed E-state index contributed by atoms with van der Waals surface area (Å²) in [5.41, 5.74) is 3.82. The molecule has 4 rings (SSSR count). The highest BCUT2D eigenvalue weighted by Crippen LogP contribution is 2.31. The van der Waals surface area contributed by atoms with Crippen molar-refractivity contribution in [3.05, 3.63) is 76.3 Å². The number of ether oxygens (including phenoxy) is 1. The van der Waals surface area contributed by atoms with E-state index < -0.39 is 0 Å². The van der Waals surface area contributed by atoms with Crippen molar-refractivity contribution in [1.29, 1.82) is 0 Å². The molecule has 0 saturated carbocycles. The topological polar surface area (TPSA) is 64.4 Å². The monoisotopic (exact) mass is 454 g/mol. The van der Waals surface area contributed by atoms with Crippen molar-refractivity contribution in [2.45, 2.75) is 19.8 Å². The molecule has 3 aromatic carbocycles. The molecule has 0 aliphatic carbocycles. The molecule has 0 aliphatic rings. The summed E-state index contributed by atoms with van der Waals surface area (Å²) in [6, 6.07) is 18.2. The summed E-state index contributed by atoms with van der Waals surface area (Å²) in [5.74, 6) is 0.926. The molecule has 0 radical (unpaired) electrons. The zero-order valence-electron chi connectivity index (χ0n) is 17.0. The fourth-order valence-corrected chi connectivity index (χ4v) is 3.43. The molecule has 0 aliphatic heterocycles. The van der Waals surface area contributed by atoms with Gasteiger partial charge in [-0.1, -0.05) is 55.2 Å². The predicted octanol–water partition coefficient (Wildman–Crippen LogP) is 6.94. The molecule has 1 heterocycles. The van der Waals surface area contributed by atoms with Gasteiger partial charge in [0.05, 0.1) is 15.7 Å². The number of para-hydroxylation sites is 1. The number of benzene rings is 3. The largest absolute Gasteiger partial charge is 0.482 e. The highest BCUT2D eigenvalue weighted by Gasteiger charge is 2.14. The molecular weight excluding hydrogens is 435 g/mol. The lowest BCUT2D eigenvalue weighted by atomic mass is 10.0. The summed E-state index contributed by atoms with van der Waals surface area (Å²) in [6.07, 6.45) is 0. The first kappa shape index (κ1) is 21.2. The average Bonchev–Trinajstić information content (AvgIpc) is 3.18. The third kappa shape index (κ3) is 4.84. The molecule has 0 spiro atoms. The number of carbonyl (C=O) groups excluding carboxylic acids is 1. The van der Waals surface area contributed by atoms with E-state index in [1.165, 1.54) is 5.56 Å². The van der Waals surface area contributed by atoms with E-state index in [9.17, 15) is 4.79 Å². The molecule has 1 amide bonds. The van der Waals surface area contributed by atoms with Crippen LogP contribution in [0.15, 0.2) is 65.1 Å². The molecule has 31 heavy (non-hydrogen) atoms. The van der Waals surface area contributed by atoms with Gasteiger partial charge < -0.3 is 14.5 Å². The lowest BCUT2D eigenvalue weighted by Gasteiger charge is -2.10. The van der Waals surface area contributed by atoms with Gasteiger partial charge in [0.2, 0.25) is 5.89 Å². The second-order valence-corrected chi connectivity index (χ2v) is 8.18. The molecule has 1 aromatic heterocycles. The van der Waals surface area contributed by atoms with Crippen molar-refractivity contribution in [3.8, 4) is 17.2 Å². The van der Waals surface area contributed by atoms with Crippen LogP contribution in [0.3, 0.4) is 0 Å². The number of halogens is 2. The lowest BCUT2D eigenvalue weighted by molar-refractivity contribution is -0.118. The van der Waals surface area contributed by atoms with Crippen LogP contribution in [0.4, 0.5) is 5.69 Å². The minimum Gasteiger partial charge on any atom is -0.482 e. The van der Waals surface area contributed by atoms with E-state index in [1.54, 1.807) is 42.5 Å². The predicted molar refractivity (Wildman–Crippen MR) is 124 cm³/mol. The van der Waals surface area contributed by atoms with E-state index in [-0.39, 0.29) is 12.5 Å². The molecule has 4 aromatic rings. The van der Waals surface area contributed by atoms with Crippen LogP contribution in [0.2, 0.25) is 10.0 Å². The lowest BCUT2D eigenvalue weighted by Crippen LogP contribution is -2.20. The van der Waals surface area contributed by atoms with Crippen LogP contribution in [-0.2, 0) is 4.79 Å². The van der Waals surface area contributed by atoms with Crippen LogP contribution in [0.1, 0.15) is 25.3 Å². The van der Waals surface area contributed by atoms with Gasteiger partial charge in [0.15, 0.2) is 12.2 Å². The number of carbonyl (C=O) groups is 1. The first-order valence-electron chi connectivity index (χ1n) is 9.78. The highest BCUT2D eigenvalue weighted by molar-refractivity contribution is 6.34. The third-order valence-electron chi connectivity index (χ3n) is 4.76. The minimum absolute atomic E-state index is 0.203. The van der Waals surface area contributed by atoms with Gasteiger partial charge in [0.25, 0.3) is 5.91 Å². The number of nitrogens with one attached hydrogen (secondary N) is 1. The Balaban J connectivity index is 1.52. The molecular formula is C24H20Cl2N2O3. The number of amides is 1. The Morgan fingerprint density at radius 1 is 1.06 bits per heavy atom. The number of rotatable bonds is 6. The van der Waals surface area contributed by atoms with Crippen molar-refractivity contribution >= 4 is 45.9 Å². The Kier molecular flexibility index (Phi) is 6.16. The second kappa shape index (κ2) is 9.00. The molecule has 0 saturated heterocycles. The number of aromatic nitrogens is 1. The normalized spacial score (nSPS) is 11.1.